The molecule has 0 unspecified atom stereocenters. The van der Waals surface area contributed by atoms with Crippen molar-refractivity contribution in [3.63, 3.8) is 0 Å². The van der Waals surface area contributed by atoms with E-state index in [0.29, 0.717) is 0 Å². The summed E-state index contributed by atoms with van der Waals surface area (Å²) in [7, 11) is 0. The van der Waals surface area contributed by atoms with E-state index in [0.717, 1.165) is 31.2 Å². The van der Waals surface area contributed by atoms with Gasteiger partial charge in [0.1, 0.15) is 0 Å². The Morgan fingerprint density at radius 3 is 2.63 bits per heavy atom. The molecule has 1 aliphatic carbocycles. The first kappa shape index (κ1) is 13.5. The highest BCUT2D eigenvalue weighted by molar-refractivity contribution is 5.82. The summed E-state index contributed by atoms with van der Waals surface area (Å²) in [6, 6.07) is 10.00. The van der Waals surface area contributed by atoms with Crippen LogP contribution in [0.1, 0.15) is 37.7 Å². The zero-order chi connectivity index (χ0) is 13.3. The van der Waals surface area contributed by atoms with Gasteiger partial charge in [0.25, 0.3) is 0 Å². The monoisotopic (exact) mass is 256 g/mol. The average molecular weight is 256 g/mol. The molecule has 0 spiro atoms. The molecule has 1 aliphatic rings. The Bertz CT molecular complexity index is 445. The van der Waals surface area contributed by atoms with E-state index in [1.165, 1.54) is 6.42 Å². The van der Waals surface area contributed by atoms with Gasteiger partial charge in [-0.2, -0.15) is 5.10 Å². The van der Waals surface area contributed by atoms with Crippen molar-refractivity contribution in [1.82, 2.24) is 5.43 Å². The number of rotatable bonds is 4. The summed E-state index contributed by atoms with van der Waals surface area (Å²) < 4.78 is 0. The number of nitrogens with zero attached hydrogens (tertiary/aromatic N) is 1. The van der Waals surface area contributed by atoms with E-state index in [1.807, 2.05) is 42.5 Å². The highest BCUT2D eigenvalue weighted by Gasteiger charge is 2.20. The van der Waals surface area contributed by atoms with Gasteiger partial charge in [-0.25, -0.2) is 5.43 Å². The van der Waals surface area contributed by atoms with Crippen LogP contribution in [-0.4, -0.2) is 12.1 Å². The van der Waals surface area contributed by atoms with Crippen molar-refractivity contribution < 1.29 is 4.79 Å². The first-order valence-electron chi connectivity index (χ1n) is 6.91. The third kappa shape index (κ3) is 4.70. The number of amides is 1. The number of carbonyl (C=O) groups is 1. The molecule has 0 atom stereocenters. The number of allylic oxidation sites excluding steroid dienone is 1. The number of benzene rings is 1. The lowest BCUT2D eigenvalue weighted by molar-refractivity contribution is -0.125. The molecular weight excluding hydrogens is 236 g/mol. The van der Waals surface area contributed by atoms with Gasteiger partial charge in [-0.1, -0.05) is 55.7 Å². The van der Waals surface area contributed by atoms with Gasteiger partial charge in [0.15, 0.2) is 0 Å². The minimum absolute atomic E-state index is 0.0593. The van der Waals surface area contributed by atoms with Crippen LogP contribution >= 0.6 is 0 Å². The summed E-state index contributed by atoms with van der Waals surface area (Å²) in [4.78, 5) is 11.8. The van der Waals surface area contributed by atoms with E-state index in [2.05, 4.69) is 10.5 Å². The van der Waals surface area contributed by atoms with E-state index in [9.17, 15) is 4.79 Å². The second kappa shape index (κ2) is 7.52. The molecule has 0 heterocycles. The number of hydrogen-bond acceptors (Lipinski definition) is 2. The second-order valence-corrected chi connectivity index (χ2v) is 4.86. The SMILES string of the molecule is O=C(N/N=C/C=C/c1ccccc1)C1CCCCC1. The van der Waals surface area contributed by atoms with Gasteiger partial charge >= 0.3 is 0 Å². The van der Waals surface area contributed by atoms with Crippen LogP contribution in [0.25, 0.3) is 6.08 Å². The third-order valence-electron chi connectivity index (χ3n) is 3.40. The van der Waals surface area contributed by atoms with E-state index in [1.54, 1.807) is 6.21 Å². The summed E-state index contributed by atoms with van der Waals surface area (Å²) in [6.07, 6.45) is 11.0. The maximum Gasteiger partial charge on any atom is 0.243 e. The fourth-order valence-electron chi connectivity index (χ4n) is 2.32. The lowest BCUT2D eigenvalue weighted by atomic mass is 9.89. The first-order valence-corrected chi connectivity index (χ1v) is 6.91. The largest absolute Gasteiger partial charge is 0.273 e. The van der Waals surface area contributed by atoms with Crippen molar-refractivity contribution in [2.75, 3.05) is 0 Å². The Balaban J connectivity index is 1.74. The lowest BCUT2D eigenvalue weighted by Crippen LogP contribution is -2.28. The topological polar surface area (TPSA) is 41.5 Å². The number of carbonyl (C=O) groups excluding carboxylic acids is 1. The third-order valence-corrected chi connectivity index (χ3v) is 3.40. The van der Waals surface area contributed by atoms with E-state index in [4.69, 9.17) is 0 Å². The molecular formula is C16H20N2O. The van der Waals surface area contributed by atoms with Crippen molar-refractivity contribution in [2.24, 2.45) is 11.0 Å². The molecule has 0 aliphatic heterocycles. The van der Waals surface area contributed by atoms with Crippen LogP contribution in [-0.2, 0) is 4.79 Å². The summed E-state index contributed by atoms with van der Waals surface area (Å²) >= 11 is 0. The van der Waals surface area contributed by atoms with Gasteiger partial charge in [0.2, 0.25) is 5.91 Å². The van der Waals surface area contributed by atoms with Gasteiger partial charge < -0.3 is 0 Å². The fourth-order valence-corrected chi connectivity index (χ4v) is 2.32. The smallest absolute Gasteiger partial charge is 0.243 e. The van der Waals surface area contributed by atoms with Gasteiger partial charge in [-0.05, 0) is 24.5 Å². The second-order valence-electron chi connectivity index (χ2n) is 4.86. The molecule has 1 N–H and O–H groups in total. The summed E-state index contributed by atoms with van der Waals surface area (Å²) in [5.41, 5.74) is 3.74. The van der Waals surface area contributed by atoms with Crippen LogP contribution in [0.3, 0.4) is 0 Å². The van der Waals surface area contributed by atoms with Crippen LogP contribution in [0.15, 0.2) is 41.5 Å². The Morgan fingerprint density at radius 1 is 1.16 bits per heavy atom. The van der Waals surface area contributed by atoms with Gasteiger partial charge in [0.05, 0.1) is 0 Å². The number of nitrogens with one attached hydrogen (secondary N) is 1. The fraction of sp³-hybridized carbons (Fsp3) is 0.375. The van der Waals surface area contributed by atoms with Gasteiger partial charge in [-0.15, -0.1) is 0 Å². The molecule has 100 valence electrons. The Hall–Kier alpha value is -1.90. The standard InChI is InChI=1S/C16H20N2O/c19-16(15-11-5-2-6-12-15)18-17-13-7-10-14-8-3-1-4-9-14/h1,3-4,7-10,13,15H,2,5-6,11-12H2,(H,18,19)/b10-7+,17-13+. The molecule has 0 bridgehead atoms. The molecule has 0 aromatic heterocycles. The quantitative estimate of drug-likeness (QED) is 0.651. The zero-order valence-electron chi connectivity index (χ0n) is 11.1. The van der Waals surface area contributed by atoms with Crippen molar-refractivity contribution in [3.05, 3.63) is 42.0 Å². The zero-order valence-corrected chi connectivity index (χ0v) is 11.1. The van der Waals surface area contributed by atoms with Crippen LogP contribution in [0.5, 0.6) is 0 Å². The molecule has 3 heteroatoms. The average Bonchev–Trinajstić information content (AvgIpc) is 2.49. The van der Waals surface area contributed by atoms with Crippen LogP contribution in [0.4, 0.5) is 0 Å². The molecule has 0 saturated heterocycles. The minimum atomic E-state index is 0.0593. The molecule has 1 amide bonds. The number of hydrazone groups is 1. The summed E-state index contributed by atoms with van der Waals surface area (Å²) in [6.45, 7) is 0. The molecule has 3 nitrogen and oxygen atoms in total. The molecule has 2 rings (SSSR count). The first-order chi connectivity index (χ1) is 9.36. The minimum Gasteiger partial charge on any atom is -0.273 e. The molecule has 1 aromatic rings. The van der Waals surface area contributed by atoms with Crippen LogP contribution in [0, 0.1) is 5.92 Å². The van der Waals surface area contributed by atoms with Crippen molar-refractivity contribution in [1.29, 1.82) is 0 Å². The van der Waals surface area contributed by atoms with Crippen LogP contribution in [0.2, 0.25) is 0 Å². The Labute approximate surface area is 114 Å². The Kier molecular flexibility index (Phi) is 5.35. The predicted molar refractivity (Wildman–Crippen MR) is 78.7 cm³/mol. The van der Waals surface area contributed by atoms with Crippen molar-refractivity contribution in [2.45, 2.75) is 32.1 Å². The van der Waals surface area contributed by atoms with E-state index < -0.39 is 0 Å². The molecule has 1 fully saturated rings. The molecule has 19 heavy (non-hydrogen) atoms. The van der Waals surface area contributed by atoms with Crippen molar-refractivity contribution >= 4 is 18.2 Å². The molecule has 1 aromatic carbocycles. The Morgan fingerprint density at radius 2 is 1.89 bits per heavy atom. The molecule has 0 radical (unpaired) electrons. The van der Waals surface area contributed by atoms with E-state index >= 15 is 0 Å². The number of hydrogen-bond donors (Lipinski definition) is 1. The highest BCUT2D eigenvalue weighted by Crippen LogP contribution is 2.23. The lowest BCUT2D eigenvalue weighted by Gasteiger charge is -2.19. The summed E-state index contributed by atoms with van der Waals surface area (Å²) in [5, 5.41) is 3.95. The maximum absolute atomic E-state index is 11.8. The van der Waals surface area contributed by atoms with E-state index in [-0.39, 0.29) is 11.8 Å². The van der Waals surface area contributed by atoms with Gasteiger partial charge in [-0.3, -0.25) is 4.79 Å². The maximum atomic E-state index is 11.8. The van der Waals surface area contributed by atoms with Crippen molar-refractivity contribution in [3.8, 4) is 0 Å². The van der Waals surface area contributed by atoms with Gasteiger partial charge in [0, 0.05) is 12.1 Å². The molecule has 1 saturated carbocycles. The predicted octanol–water partition coefficient (Wildman–Crippen LogP) is 3.38. The normalized spacial score (nSPS) is 17.1. The summed E-state index contributed by atoms with van der Waals surface area (Å²) in [5.74, 6) is 0.216. The highest BCUT2D eigenvalue weighted by atomic mass is 16.2. The van der Waals surface area contributed by atoms with Crippen LogP contribution < -0.4 is 5.43 Å².